The number of rotatable bonds is 3. The van der Waals surface area contributed by atoms with Gasteiger partial charge in [-0.25, -0.2) is 4.79 Å². The van der Waals surface area contributed by atoms with Crippen LogP contribution in [0.25, 0.3) is 21.5 Å². The molecule has 0 unspecified atom stereocenters. The molecule has 0 aliphatic rings. The van der Waals surface area contributed by atoms with Gasteiger partial charge < -0.3 is 10.2 Å². The van der Waals surface area contributed by atoms with Gasteiger partial charge in [0.15, 0.2) is 5.78 Å². The van der Waals surface area contributed by atoms with Gasteiger partial charge in [-0.3, -0.25) is 4.79 Å². The van der Waals surface area contributed by atoms with Crippen LogP contribution < -0.4 is 0 Å². The number of hydrogen-bond acceptors (Lipinski definition) is 3. The average Bonchev–Trinajstić information content (AvgIpc) is 2.52. The zero-order chi connectivity index (χ0) is 15.7. The second-order valence-corrected chi connectivity index (χ2v) is 4.89. The first kappa shape index (κ1) is 13.8. The smallest absolute Gasteiger partial charge is 0.371 e. The Kier molecular flexibility index (Phi) is 3.35. The summed E-state index contributed by atoms with van der Waals surface area (Å²) in [7, 11) is 0. The van der Waals surface area contributed by atoms with Crippen LogP contribution in [-0.4, -0.2) is 22.0 Å². The van der Waals surface area contributed by atoms with Crippen LogP contribution in [0.1, 0.15) is 10.4 Å². The van der Waals surface area contributed by atoms with Crippen molar-refractivity contribution < 1.29 is 19.8 Å². The number of hydrogen-bond donors (Lipinski definition) is 2. The van der Waals surface area contributed by atoms with Gasteiger partial charge in [-0.05, 0) is 27.6 Å². The molecule has 0 aliphatic carbocycles. The van der Waals surface area contributed by atoms with Crippen molar-refractivity contribution >= 4 is 33.3 Å². The van der Waals surface area contributed by atoms with Gasteiger partial charge in [-0.1, -0.05) is 48.5 Å². The molecule has 0 saturated carbocycles. The largest absolute Gasteiger partial charge is 0.502 e. The summed E-state index contributed by atoms with van der Waals surface area (Å²) in [5.41, 5.74) is 0.390. The molecule has 3 aromatic rings. The highest BCUT2D eigenvalue weighted by Crippen LogP contribution is 2.29. The van der Waals surface area contributed by atoms with Crippen molar-refractivity contribution in [2.75, 3.05) is 0 Å². The van der Waals surface area contributed by atoms with Crippen LogP contribution in [-0.2, 0) is 4.79 Å². The zero-order valence-electron chi connectivity index (χ0n) is 11.5. The summed E-state index contributed by atoms with van der Waals surface area (Å²) < 4.78 is 0. The molecule has 3 aromatic carbocycles. The number of aliphatic hydroxyl groups is 1. The fourth-order valence-corrected chi connectivity index (χ4v) is 2.54. The van der Waals surface area contributed by atoms with Crippen LogP contribution >= 0.6 is 0 Å². The first-order chi connectivity index (χ1) is 10.6. The van der Waals surface area contributed by atoms with E-state index in [-0.39, 0.29) is 0 Å². The third-order valence-corrected chi connectivity index (χ3v) is 3.50. The lowest BCUT2D eigenvalue weighted by Gasteiger charge is -2.09. The summed E-state index contributed by atoms with van der Waals surface area (Å²) in [5, 5.41) is 21.3. The number of carbonyl (C=O) groups is 2. The standard InChI is InChI=1S/C18H12O4/c19-15(10-16(20)18(21)22)17-13-7-3-1-5-11(13)9-12-6-2-4-8-14(12)17/h1-10,20H,(H,21,22)/b16-10-. The molecule has 0 fully saturated rings. The summed E-state index contributed by atoms with van der Waals surface area (Å²) in [6, 6.07) is 16.7. The number of aliphatic hydroxyl groups excluding tert-OH is 1. The van der Waals surface area contributed by atoms with E-state index in [1.165, 1.54) is 0 Å². The van der Waals surface area contributed by atoms with Gasteiger partial charge in [0.05, 0.1) is 0 Å². The zero-order valence-corrected chi connectivity index (χ0v) is 11.5. The van der Waals surface area contributed by atoms with Gasteiger partial charge in [0, 0.05) is 11.6 Å². The predicted octanol–water partition coefficient (Wildman–Crippen LogP) is 3.70. The molecule has 0 bridgehead atoms. The maximum Gasteiger partial charge on any atom is 0.371 e. The second-order valence-electron chi connectivity index (χ2n) is 4.89. The van der Waals surface area contributed by atoms with Crippen LogP contribution in [0.2, 0.25) is 0 Å². The Morgan fingerprint density at radius 3 is 1.82 bits per heavy atom. The number of ketones is 1. The first-order valence-corrected chi connectivity index (χ1v) is 6.66. The molecule has 0 heterocycles. The summed E-state index contributed by atoms with van der Waals surface area (Å²) in [6.45, 7) is 0. The topological polar surface area (TPSA) is 74.6 Å². The van der Waals surface area contributed by atoms with E-state index in [0.29, 0.717) is 5.56 Å². The van der Waals surface area contributed by atoms with Crippen molar-refractivity contribution in [1.82, 2.24) is 0 Å². The molecule has 0 saturated heterocycles. The van der Waals surface area contributed by atoms with Crippen LogP contribution in [0.5, 0.6) is 0 Å². The molecule has 0 aromatic heterocycles. The van der Waals surface area contributed by atoms with Gasteiger partial charge >= 0.3 is 5.97 Å². The van der Waals surface area contributed by atoms with Crippen molar-refractivity contribution in [1.29, 1.82) is 0 Å². The summed E-state index contributed by atoms with van der Waals surface area (Å²) >= 11 is 0. The monoisotopic (exact) mass is 292 g/mol. The molecule has 0 amide bonds. The first-order valence-electron chi connectivity index (χ1n) is 6.66. The molecule has 4 heteroatoms. The maximum atomic E-state index is 12.5. The fraction of sp³-hybridized carbons (Fsp3) is 0. The molecular weight excluding hydrogens is 280 g/mol. The van der Waals surface area contributed by atoms with Gasteiger partial charge in [-0.15, -0.1) is 0 Å². The summed E-state index contributed by atoms with van der Waals surface area (Å²) in [5.74, 6) is -3.03. The van der Waals surface area contributed by atoms with Crippen molar-refractivity contribution in [2.45, 2.75) is 0 Å². The Hall–Kier alpha value is -3.14. The van der Waals surface area contributed by atoms with Crippen molar-refractivity contribution in [3.05, 3.63) is 72.0 Å². The number of carboxylic acid groups (broad SMARTS) is 1. The number of carboxylic acids is 1. The lowest BCUT2D eigenvalue weighted by molar-refractivity contribution is -0.135. The molecule has 0 atom stereocenters. The Bertz CT molecular complexity index is 884. The van der Waals surface area contributed by atoms with E-state index in [2.05, 4.69) is 0 Å². The molecular formula is C18H12O4. The van der Waals surface area contributed by atoms with Crippen LogP contribution in [0.3, 0.4) is 0 Å². The predicted molar refractivity (Wildman–Crippen MR) is 84.1 cm³/mol. The Morgan fingerprint density at radius 2 is 1.32 bits per heavy atom. The van der Waals surface area contributed by atoms with Crippen LogP contribution in [0.4, 0.5) is 0 Å². The van der Waals surface area contributed by atoms with Gasteiger partial charge in [0.1, 0.15) is 0 Å². The van der Waals surface area contributed by atoms with Crippen LogP contribution in [0, 0.1) is 0 Å². The molecule has 2 N–H and O–H groups in total. The number of allylic oxidation sites excluding steroid dienone is 1. The highest BCUT2D eigenvalue weighted by Gasteiger charge is 2.15. The maximum absolute atomic E-state index is 12.5. The number of fused-ring (bicyclic) bond motifs is 2. The number of aliphatic carboxylic acids is 1. The molecule has 3 rings (SSSR count). The van der Waals surface area contributed by atoms with Crippen molar-refractivity contribution in [3.8, 4) is 0 Å². The van der Waals surface area contributed by atoms with E-state index in [4.69, 9.17) is 5.11 Å². The molecule has 0 spiro atoms. The van der Waals surface area contributed by atoms with E-state index in [0.717, 1.165) is 27.6 Å². The summed E-state index contributed by atoms with van der Waals surface area (Å²) in [4.78, 5) is 23.2. The summed E-state index contributed by atoms with van der Waals surface area (Å²) in [6.07, 6.45) is 0.747. The third-order valence-electron chi connectivity index (χ3n) is 3.50. The van der Waals surface area contributed by atoms with Crippen LogP contribution in [0.15, 0.2) is 66.4 Å². The van der Waals surface area contributed by atoms with Crippen molar-refractivity contribution in [3.63, 3.8) is 0 Å². The van der Waals surface area contributed by atoms with E-state index >= 15 is 0 Å². The SMILES string of the molecule is O=C(O)/C(O)=C/C(=O)c1c2ccccc2cc2ccccc12. The quantitative estimate of drug-likeness (QED) is 0.334. The minimum Gasteiger partial charge on any atom is -0.502 e. The highest BCUT2D eigenvalue weighted by atomic mass is 16.4. The Morgan fingerprint density at radius 1 is 0.818 bits per heavy atom. The Balaban J connectivity index is 2.36. The van der Waals surface area contributed by atoms with E-state index in [1.807, 2.05) is 42.5 Å². The second kappa shape index (κ2) is 5.33. The fourth-order valence-electron chi connectivity index (χ4n) is 2.54. The average molecular weight is 292 g/mol. The minimum absolute atomic E-state index is 0.390. The van der Waals surface area contributed by atoms with E-state index in [1.54, 1.807) is 12.1 Å². The van der Waals surface area contributed by atoms with E-state index < -0.39 is 17.5 Å². The minimum atomic E-state index is -1.53. The molecule has 0 aliphatic heterocycles. The molecule has 108 valence electrons. The van der Waals surface area contributed by atoms with Gasteiger partial charge in [0.25, 0.3) is 0 Å². The molecule has 0 radical (unpaired) electrons. The highest BCUT2D eigenvalue weighted by molar-refractivity contribution is 6.23. The van der Waals surface area contributed by atoms with E-state index in [9.17, 15) is 14.7 Å². The molecule has 22 heavy (non-hydrogen) atoms. The van der Waals surface area contributed by atoms with Gasteiger partial charge in [-0.2, -0.15) is 0 Å². The Labute approximate surface area is 125 Å². The molecule has 4 nitrogen and oxygen atoms in total. The van der Waals surface area contributed by atoms with Gasteiger partial charge in [0.2, 0.25) is 5.76 Å². The normalized spacial score (nSPS) is 11.7. The third kappa shape index (κ3) is 2.31. The number of carbonyl (C=O) groups excluding carboxylic acids is 1. The number of benzene rings is 3. The van der Waals surface area contributed by atoms with Crippen molar-refractivity contribution in [2.24, 2.45) is 0 Å². The lowest BCUT2D eigenvalue weighted by Crippen LogP contribution is -2.05. The lowest BCUT2D eigenvalue weighted by atomic mass is 9.94.